The molecule has 2 aliphatic heterocycles. The summed E-state index contributed by atoms with van der Waals surface area (Å²) >= 11 is 0. The predicted octanol–water partition coefficient (Wildman–Crippen LogP) is 2.08. The fourth-order valence-corrected chi connectivity index (χ4v) is 2.60. The smallest absolute Gasteiger partial charge is 0.320 e. The molecule has 0 unspecified atom stereocenters. The minimum Gasteiger partial charge on any atom is -0.322 e. The summed E-state index contributed by atoms with van der Waals surface area (Å²) in [5.74, 6) is 0. The van der Waals surface area contributed by atoms with Crippen LogP contribution in [0.1, 0.15) is 39.5 Å². The molecule has 2 amide bonds. The lowest BCUT2D eigenvalue weighted by atomic mass is 10.2. The van der Waals surface area contributed by atoms with Gasteiger partial charge in [0.05, 0.1) is 0 Å². The molecular formula is C11H20N2O. The van der Waals surface area contributed by atoms with Crippen LogP contribution in [0.5, 0.6) is 0 Å². The molecule has 0 spiro atoms. The zero-order valence-corrected chi connectivity index (χ0v) is 9.20. The monoisotopic (exact) mass is 196 g/mol. The van der Waals surface area contributed by atoms with Crippen molar-refractivity contribution in [2.24, 2.45) is 0 Å². The Morgan fingerprint density at radius 2 is 1.43 bits per heavy atom. The lowest BCUT2D eigenvalue weighted by Crippen LogP contribution is -2.45. The molecule has 0 aromatic heterocycles. The lowest BCUT2D eigenvalue weighted by molar-refractivity contribution is 0.149. The van der Waals surface area contributed by atoms with Gasteiger partial charge in [0.2, 0.25) is 0 Å². The van der Waals surface area contributed by atoms with E-state index in [-0.39, 0.29) is 6.03 Å². The zero-order valence-electron chi connectivity index (χ0n) is 9.20. The summed E-state index contributed by atoms with van der Waals surface area (Å²) in [5, 5.41) is 0. The second-order valence-electron chi connectivity index (χ2n) is 4.65. The summed E-state index contributed by atoms with van der Waals surface area (Å²) in [6.45, 7) is 6.24. The molecule has 0 aliphatic carbocycles. The van der Waals surface area contributed by atoms with E-state index in [0.717, 1.165) is 13.1 Å². The van der Waals surface area contributed by atoms with Gasteiger partial charge < -0.3 is 9.80 Å². The first-order valence-electron chi connectivity index (χ1n) is 5.77. The molecule has 2 aliphatic rings. The van der Waals surface area contributed by atoms with Crippen molar-refractivity contribution in [2.75, 3.05) is 13.1 Å². The largest absolute Gasteiger partial charge is 0.322 e. The fraction of sp³-hybridized carbons (Fsp3) is 0.909. The van der Waals surface area contributed by atoms with Gasteiger partial charge in [-0.15, -0.1) is 0 Å². The van der Waals surface area contributed by atoms with E-state index in [4.69, 9.17) is 0 Å². The summed E-state index contributed by atoms with van der Waals surface area (Å²) in [6, 6.07) is 1.19. The van der Waals surface area contributed by atoms with Gasteiger partial charge in [0.1, 0.15) is 0 Å². The van der Waals surface area contributed by atoms with Crippen molar-refractivity contribution in [3.63, 3.8) is 0 Å². The maximum atomic E-state index is 12.1. The third-order valence-electron chi connectivity index (χ3n) is 3.60. The number of urea groups is 1. The van der Waals surface area contributed by atoms with Crippen LogP contribution in [-0.2, 0) is 0 Å². The fourth-order valence-electron chi connectivity index (χ4n) is 2.60. The van der Waals surface area contributed by atoms with Gasteiger partial charge in [-0.3, -0.25) is 0 Å². The standard InChI is InChI=1S/C11H20N2O/c1-9-5-3-7-12(9)11(14)13-8-4-6-10(13)2/h9-10H,3-8H2,1-2H3/t9-,10-/m1/s1. The van der Waals surface area contributed by atoms with Crippen molar-refractivity contribution in [3.05, 3.63) is 0 Å². The summed E-state index contributed by atoms with van der Waals surface area (Å²) in [4.78, 5) is 16.2. The SMILES string of the molecule is C[C@@H]1CCCN1C(=O)N1CCC[C@H]1C. The number of carbonyl (C=O) groups is 1. The third-order valence-corrected chi connectivity index (χ3v) is 3.60. The van der Waals surface area contributed by atoms with Crippen molar-refractivity contribution in [1.29, 1.82) is 0 Å². The zero-order chi connectivity index (χ0) is 10.1. The second-order valence-corrected chi connectivity index (χ2v) is 4.65. The topological polar surface area (TPSA) is 23.6 Å². The van der Waals surface area contributed by atoms with E-state index in [9.17, 15) is 4.79 Å². The Kier molecular flexibility index (Phi) is 2.66. The van der Waals surface area contributed by atoms with E-state index in [0.29, 0.717) is 12.1 Å². The maximum absolute atomic E-state index is 12.1. The summed E-state index contributed by atoms with van der Waals surface area (Å²) < 4.78 is 0. The van der Waals surface area contributed by atoms with E-state index in [2.05, 4.69) is 13.8 Å². The molecule has 2 fully saturated rings. The Hall–Kier alpha value is -0.730. The number of nitrogens with zero attached hydrogens (tertiary/aromatic N) is 2. The summed E-state index contributed by atoms with van der Waals surface area (Å²) in [7, 11) is 0. The molecule has 0 saturated carbocycles. The van der Waals surface area contributed by atoms with Crippen LogP contribution in [0, 0.1) is 0 Å². The minimum absolute atomic E-state index is 0.278. The molecule has 0 bridgehead atoms. The molecule has 2 saturated heterocycles. The minimum atomic E-state index is 0.278. The summed E-state index contributed by atoms with van der Waals surface area (Å²) in [5.41, 5.74) is 0. The first-order chi connectivity index (χ1) is 6.70. The molecule has 0 N–H and O–H groups in total. The molecule has 0 aromatic rings. The Balaban J connectivity index is 2.00. The molecule has 2 heterocycles. The Labute approximate surface area is 86.1 Å². The van der Waals surface area contributed by atoms with Crippen LogP contribution in [0.25, 0.3) is 0 Å². The van der Waals surface area contributed by atoms with E-state index in [1.807, 2.05) is 9.80 Å². The Bertz CT molecular complexity index is 207. The van der Waals surface area contributed by atoms with Gasteiger partial charge in [-0.05, 0) is 39.5 Å². The van der Waals surface area contributed by atoms with E-state index >= 15 is 0 Å². The molecule has 80 valence electrons. The molecule has 0 aromatic carbocycles. The van der Waals surface area contributed by atoms with Crippen molar-refractivity contribution in [1.82, 2.24) is 9.80 Å². The number of amides is 2. The molecule has 2 atom stereocenters. The van der Waals surface area contributed by atoms with Crippen molar-refractivity contribution >= 4 is 6.03 Å². The van der Waals surface area contributed by atoms with Gasteiger partial charge in [0, 0.05) is 25.2 Å². The highest BCUT2D eigenvalue weighted by atomic mass is 16.2. The lowest BCUT2D eigenvalue weighted by Gasteiger charge is -2.30. The number of hydrogen-bond acceptors (Lipinski definition) is 1. The number of carbonyl (C=O) groups excluding carboxylic acids is 1. The maximum Gasteiger partial charge on any atom is 0.320 e. The highest BCUT2D eigenvalue weighted by molar-refractivity contribution is 5.75. The van der Waals surface area contributed by atoms with Crippen LogP contribution in [0.3, 0.4) is 0 Å². The van der Waals surface area contributed by atoms with Crippen LogP contribution in [0.2, 0.25) is 0 Å². The number of rotatable bonds is 0. The van der Waals surface area contributed by atoms with Gasteiger partial charge in [0.15, 0.2) is 0 Å². The average molecular weight is 196 g/mol. The average Bonchev–Trinajstić information content (AvgIpc) is 2.73. The second kappa shape index (κ2) is 3.79. The number of likely N-dealkylation sites (tertiary alicyclic amines) is 2. The molecule has 14 heavy (non-hydrogen) atoms. The van der Waals surface area contributed by atoms with Crippen LogP contribution in [-0.4, -0.2) is 41.0 Å². The van der Waals surface area contributed by atoms with Crippen LogP contribution in [0.4, 0.5) is 4.79 Å². The van der Waals surface area contributed by atoms with Gasteiger partial charge in [-0.1, -0.05) is 0 Å². The normalized spacial score (nSPS) is 32.7. The molecular weight excluding hydrogens is 176 g/mol. The van der Waals surface area contributed by atoms with E-state index in [1.54, 1.807) is 0 Å². The quantitative estimate of drug-likeness (QED) is 0.582. The first kappa shape index (κ1) is 9.81. The Morgan fingerprint density at radius 1 is 1.00 bits per heavy atom. The van der Waals surface area contributed by atoms with Gasteiger partial charge in [-0.25, -0.2) is 4.79 Å². The van der Waals surface area contributed by atoms with E-state index in [1.165, 1.54) is 25.7 Å². The number of hydrogen-bond donors (Lipinski definition) is 0. The first-order valence-corrected chi connectivity index (χ1v) is 5.77. The van der Waals surface area contributed by atoms with Gasteiger partial charge >= 0.3 is 6.03 Å². The van der Waals surface area contributed by atoms with E-state index < -0.39 is 0 Å². The van der Waals surface area contributed by atoms with Gasteiger partial charge in [0.25, 0.3) is 0 Å². The van der Waals surface area contributed by atoms with Crippen molar-refractivity contribution in [2.45, 2.75) is 51.6 Å². The summed E-state index contributed by atoms with van der Waals surface area (Å²) in [6.07, 6.45) is 4.70. The van der Waals surface area contributed by atoms with Gasteiger partial charge in [-0.2, -0.15) is 0 Å². The Morgan fingerprint density at radius 3 is 1.71 bits per heavy atom. The van der Waals surface area contributed by atoms with Crippen LogP contribution >= 0.6 is 0 Å². The molecule has 3 heteroatoms. The highest BCUT2D eigenvalue weighted by Gasteiger charge is 2.32. The third kappa shape index (κ3) is 1.60. The van der Waals surface area contributed by atoms with Crippen molar-refractivity contribution < 1.29 is 4.79 Å². The molecule has 2 rings (SSSR count). The highest BCUT2D eigenvalue weighted by Crippen LogP contribution is 2.23. The molecule has 3 nitrogen and oxygen atoms in total. The molecule has 0 radical (unpaired) electrons. The van der Waals surface area contributed by atoms with Crippen LogP contribution in [0.15, 0.2) is 0 Å². The predicted molar refractivity (Wildman–Crippen MR) is 56.2 cm³/mol. The van der Waals surface area contributed by atoms with Crippen molar-refractivity contribution in [3.8, 4) is 0 Å². The van der Waals surface area contributed by atoms with Crippen LogP contribution < -0.4 is 0 Å².